The minimum atomic E-state index is 0.118. The molecule has 0 aromatic carbocycles. The SMILES string of the molecule is O=C(CSCCCO)c1ccc[nH]1. The second-order valence-electron chi connectivity index (χ2n) is 2.64. The summed E-state index contributed by atoms with van der Waals surface area (Å²) in [5, 5.41) is 8.51. The summed E-state index contributed by atoms with van der Waals surface area (Å²) in [5.74, 6) is 1.44. The smallest absolute Gasteiger partial charge is 0.188 e. The molecule has 72 valence electrons. The number of hydrogen-bond donors (Lipinski definition) is 2. The van der Waals surface area contributed by atoms with Gasteiger partial charge in [-0.05, 0) is 24.3 Å². The minimum absolute atomic E-state index is 0.118. The first-order valence-corrected chi connectivity index (χ1v) is 5.35. The van der Waals surface area contributed by atoms with Crippen LogP contribution in [0.1, 0.15) is 16.9 Å². The Kier molecular flexibility index (Phi) is 4.64. The van der Waals surface area contributed by atoms with Crippen LogP contribution in [0.2, 0.25) is 0 Å². The molecule has 0 aliphatic carbocycles. The molecule has 0 unspecified atom stereocenters. The molecule has 0 radical (unpaired) electrons. The van der Waals surface area contributed by atoms with Gasteiger partial charge in [0.1, 0.15) is 0 Å². The van der Waals surface area contributed by atoms with Gasteiger partial charge in [0.2, 0.25) is 0 Å². The van der Waals surface area contributed by atoms with Crippen LogP contribution in [0, 0.1) is 0 Å². The largest absolute Gasteiger partial charge is 0.396 e. The third-order valence-corrected chi connectivity index (χ3v) is 2.62. The topological polar surface area (TPSA) is 53.1 Å². The van der Waals surface area contributed by atoms with E-state index in [0.29, 0.717) is 11.4 Å². The number of carbonyl (C=O) groups is 1. The molecule has 3 nitrogen and oxygen atoms in total. The molecule has 0 fully saturated rings. The normalized spacial score (nSPS) is 10.2. The van der Waals surface area contributed by atoms with Gasteiger partial charge in [0, 0.05) is 12.8 Å². The highest BCUT2D eigenvalue weighted by Gasteiger charge is 2.04. The molecule has 0 bridgehead atoms. The number of H-pyrrole nitrogens is 1. The molecule has 0 atom stereocenters. The molecular weight excluding hydrogens is 186 g/mol. The third kappa shape index (κ3) is 3.65. The fourth-order valence-electron chi connectivity index (χ4n) is 0.913. The van der Waals surface area contributed by atoms with Crippen molar-refractivity contribution in [1.29, 1.82) is 0 Å². The molecule has 1 heterocycles. The van der Waals surface area contributed by atoms with Crippen LogP contribution in [0.25, 0.3) is 0 Å². The van der Waals surface area contributed by atoms with Crippen LogP contribution in [0.4, 0.5) is 0 Å². The molecular formula is C9H13NO2S. The predicted molar refractivity (Wildman–Crippen MR) is 54.2 cm³/mol. The number of Topliss-reactive ketones (excluding diaryl/α,β-unsaturated/α-hetero) is 1. The van der Waals surface area contributed by atoms with Gasteiger partial charge < -0.3 is 10.1 Å². The monoisotopic (exact) mass is 199 g/mol. The molecule has 13 heavy (non-hydrogen) atoms. The first kappa shape index (κ1) is 10.3. The fraction of sp³-hybridized carbons (Fsp3) is 0.444. The molecule has 0 aliphatic heterocycles. The zero-order valence-electron chi connectivity index (χ0n) is 7.32. The number of nitrogens with one attached hydrogen (secondary N) is 1. The zero-order chi connectivity index (χ0) is 9.52. The number of aromatic nitrogens is 1. The Bertz CT molecular complexity index is 246. The second kappa shape index (κ2) is 5.83. The quantitative estimate of drug-likeness (QED) is 0.536. The van der Waals surface area contributed by atoms with Crippen LogP contribution in [0.15, 0.2) is 18.3 Å². The van der Waals surface area contributed by atoms with Gasteiger partial charge >= 0.3 is 0 Å². The van der Waals surface area contributed by atoms with Gasteiger partial charge in [0.25, 0.3) is 0 Å². The number of rotatable bonds is 6. The van der Waals surface area contributed by atoms with E-state index in [1.165, 1.54) is 0 Å². The zero-order valence-corrected chi connectivity index (χ0v) is 8.14. The van der Waals surface area contributed by atoms with Gasteiger partial charge in [-0.15, -0.1) is 0 Å². The number of ketones is 1. The molecule has 4 heteroatoms. The van der Waals surface area contributed by atoms with Gasteiger partial charge in [-0.25, -0.2) is 0 Å². The van der Waals surface area contributed by atoms with Gasteiger partial charge in [-0.2, -0.15) is 11.8 Å². The molecule has 1 rings (SSSR count). The fourth-order valence-corrected chi connectivity index (χ4v) is 1.73. The highest BCUT2D eigenvalue weighted by atomic mass is 32.2. The molecule has 0 amide bonds. The van der Waals surface area contributed by atoms with Crippen molar-refractivity contribution in [2.45, 2.75) is 6.42 Å². The number of aliphatic hydroxyl groups is 1. The molecule has 1 aromatic rings. The third-order valence-electron chi connectivity index (χ3n) is 1.58. The summed E-state index contributed by atoms with van der Waals surface area (Å²) in [6, 6.07) is 3.58. The second-order valence-corrected chi connectivity index (χ2v) is 3.74. The minimum Gasteiger partial charge on any atom is -0.396 e. The van der Waals surface area contributed by atoms with Crippen LogP contribution in [-0.2, 0) is 0 Å². The number of carbonyl (C=O) groups excluding carboxylic acids is 1. The summed E-state index contributed by atoms with van der Waals surface area (Å²) in [6.45, 7) is 0.198. The predicted octanol–water partition coefficient (Wildman–Crippen LogP) is 1.31. The first-order chi connectivity index (χ1) is 6.34. The molecule has 0 spiro atoms. The maximum absolute atomic E-state index is 11.4. The molecule has 1 aromatic heterocycles. The van der Waals surface area contributed by atoms with Crippen molar-refractivity contribution in [3.05, 3.63) is 24.0 Å². The summed E-state index contributed by atoms with van der Waals surface area (Å²) in [5.41, 5.74) is 0.663. The summed E-state index contributed by atoms with van der Waals surface area (Å²) < 4.78 is 0. The lowest BCUT2D eigenvalue weighted by Gasteiger charge is -1.97. The van der Waals surface area contributed by atoms with Crippen LogP contribution >= 0.6 is 11.8 Å². The first-order valence-electron chi connectivity index (χ1n) is 4.20. The van der Waals surface area contributed by atoms with Crippen molar-refractivity contribution in [3.8, 4) is 0 Å². The Morgan fingerprint density at radius 2 is 2.46 bits per heavy atom. The van der Waals surface area contributed by atoms with Crippen molar-refractivity contribution in [3.63, 3.8) is 0 Å². The van der Waals surface area contributed by atoms with Crippen molar-refractivity contribution < 1.29 is 9.90 Å². The van der Waals surface area contributed by atoms with E-state index < -0.39 is 0 Å². The maximum atomic E-state index is 11.4. The van der Waals surface area contributed by atoms with E-state index in [1.807, 2.05) is 6.07 Å². The van der Waals surface area contributed by atoms with Crippen molar-refractivity contribution in [2.24, 2.45) is 0 Å². The van der Waals surface area contributed by atoms with Crippen LogP contribution < -0.4 is 0 Å². The average Bonchev–Trinajstić information content (AvgIpc) is 2.65. The highest BCUT2D eigenvalue weighted by molar-refractivity contribution is 7.99. The van der Waals surface area contributed by atoms with Crippen LogP contribution in [0.5, 0.6) is 0 Å². The van der Waals surface area contributed by atoms with E-state index in [4.69, 9.17) is 5.11 Å². The van der Waals surface area contributed by atoms with Crippen molar-refractivity contribution in [2.75, 3.05) is 18.1 Å². The molecule has 0 aliphatic rings. The number of aromatic amines is 1. The summed E-state index contributed by atoms with van der Waals surface area (Å²) in [4.78, 5) is 14.2. The molecule has 0 saturated heterocycles. The Morgan fingerprint density at radius 3 is 3.08 bits per heavy atom. The highest BCUT2D eigenvalue weighted by Crippen LogP contribution is 2.06. The van der Waals surface area contributed by atoms with Gasteiger partial charge in [0.15, 0.2) is 5.78 Å². The van der Waals surface area contributed by atoms with Crippen LogP contribution in [0.3, 0.4) is 0 Å². The van der Waals surface area contributed by atoms with E-state index in [2.05, 4.69) is 4.98 Å². The van der Waals surface area contributed by atoms with Gasteiger partial charge in [0.05, 0.1) is 11.4 Å². The molecule has 0 saturated carbocycles. The molecule has 2 N–H and O–H groups in total. The van der Waals surface area contributed by atoms with E-state index in [0.717, 1.165) is 12.2 Å². The van der Waals surface area contributed by atoms with Crippen molar-refractivity contribution in [1.82, 2.24) is 4.98 Å². The summed E-state index contributed by atoms with van der Waals surface area (Å²) in [6.07, 6.45) is 2.49. The Morgan fingerprint density at radius 1 is 1.62 bits per heavy atom. The summed E-state index contributed by atoms with van der Waals surface area (Å²) in [7, 11) is 0. The van der Waals surface area contributed by atoms with E-state index in [9.17, 15) is 4.79 Å². The van der Waals surface area contributed by atoms with Crippen molar-refractivity contribution >= 4 is 17.5 Å². The lowest BCUT2D eigenvalue weighted by Crippen LogP contribution is -2.03. The lowest BCUT2D eigenvalue weighted by atomic mass is 10.3. The average molecular weight is 199 g/mol. The van der Waals surface area contributed by atoms with E-state index in [-0.39, 0.29) is 12.4 Å². The Balaban J connectivity index is 2.19. The Labute approximate surface area is 81.5 Å². The maximum Gasteiger partial charge on any atom is 0.188 e. The number of thioether (sulfide) groups is 1. The number of aliphatic hydroxyl groups excluding tert-OH is 1. The van der Waals surface area contributed by atoms with E-state index in [1.54, 1.807) is 24.0 Å². The van der Waals surface area contributed by atoms with E-state index >= 15 is 0 Å². The lowest BCUT2D eigenvalue weighted by molar-refractivity contribution is 0.101. The standard InChI is InChI=1S/C9H13NO2S/c11-5-2-6-13-7-9(12)8-3-1-4-10-8/h1,3-4,10-11H,2,5-7H2. The van der Waals surface area contributed by atoms with Crippen LogP contribution in [-0.4, -0.2) is 34.0 Å². The Hall–Kier alpha value is -0.740. The van der Waals surface area contributed by atoms with Gasteiger partial charge in [-0.3, -0.25) is 4.79 Å². The summed E-state index contributed by atoms with van der Waals surface area (Å²) >= 11 is 1.55. The number of hydrogen-bond acceptors (Lipinski definition) is 3. The van der Waals surface area contributed by atoms with Gasteiger partial charge in [-0.1, -0.05) is 0 Å².